The van der Waals surface area contributed by atoms with Gasteiger partial charge in [-0.3, -0.25) is 0 Å². The highest BCUT2D eigenvalue weighted by Gasteiger charge is 2.21. The van der Waals surface area contributed by atoms with Crippen LogP contribution in [0.25, 0.3) is 0 Å². The van der Waals surface area contributed by atoms with Crippen molar-refractivity contribution in [3.63, 3.8) is 0 Å². The molecule has 0 heterocycles. The second kappa shape index (κ2) is 6.05. The van der Waals surface area contributed by atoms with Crippen LogP contribution in [-0.2, 0) is 0 Å². The molecule has 0 aliphatic heterocycles. The molecular formula is C10H21Br. The predicted molar refractivity (Wildman–Crippen MR) is 56.2 cm³/mol. The first-order chi connectivity index (χ1) is 5.18. The third kappa shape index (κ3) is 4.84. The minimum Gasteiger partial charge on any atom is -0.0890 e. The summed E-state index contributed by atoms with van der Waals surface area (Å²) in [5.74, 6) is 1.89. The Labute approximate surface area is 79.9 Å². The van der Waals surface area contributed by atoms with E-state index in [0.29, 0.717) is 0 Å². The highest BCUT2D eigenvalue weighted by molar-refractivity contribution is 9.09. The molecule has 1 fully saturated rings. The minimum atomic E-state index is 0.802. The molecule has 1 rings (SSSR count). The Bertz CT molecular complexity index is 65.9. The molecule has 1 aliphatic carbocycles. The van der Waals surface area contributed by atoms with Gasteiger partial charge in [-0.25, -0.2) is 0 Å². The summed E-state index contributed by atoms with van der Waals surface area (Å²) in [5.41, 5.74) is 0. The van der Waals surface area contributed by atoms with E-state index < -0.39 is 0 Å². The SMILES string of the molecule is CC.CC1CC(C)CC(Br)C1. The molecule has 0 radical (unpaired) electrons. The smallest absolute Gasteiger partial charge is 0.0150 e. The van der Waals surface area contributed by atoms with Gasteiger partial charge in [0.25, 0.3) is 0 Å². The Kier molecular flexibility index (Phi) is 6.31. The number of hydrogen-bond acceptors (Lipinski definition) is 0. The fourth-order valence-electron chi connectivity index (χ4n) is 1.85. The van der Waals surface area contributed by atoms with Gasteiger partial charge in [-0.05, 0) is 31.1 Å². The van der Waals surface area contributed by atoms with Gasteiger partial charge >= 0.3 is 0 Å². The molecule has 0 nitrogen and oxygen atoms in total. The lowest BCUT2D eigenvalue weighted by atomic mass is 9.84. The van der Waals surface area contributed by atoms with Gasteiger partial charge in [0, 0.05) is 4.83 Å². The summed E-state index contributed by atoms with van der Waals surface area (Å²) in [7, 11) is 0. The van der Waals surface area contributed by atoms with E-state index >= 15 is 0 Å². The van der Waals surface area contributed by atoms with Crippen LogP contribution in [0.5, 0.6) is 0 Å². The maximum absolute atomic E-state index is 3.67. The van der Waals surface area contributed by atoms with Crippen LogP contribution in [-0.4, -0.2) is 4.83 Å². The number of alkyl halides is 1. The lowest BCUT2D eigenvalue weighted by Gasteiger charge is -2.27. The van der Waals surface area contributed by atoms with E-state index in [4.69, 9.17) is 0 Å². The molecule has 0 amide bonds. The maximum atomic E-state index is 3.67. The summed E-state index contributed by atoms with van der Waals surface area (Å²) in [6.45, 7) is 8.70. The molecule has 1 aliphatic rings. The van der Waals surface area contributed by atoms with Crippen LogP contribution in [0.1, 0.15) is 47.0 Å². The summed E-state index contributed by atoms with van der Waals surface area (Å²) in [4.78, 5) is 0.802. The zero-order valence-corrected chi connectivity index (χ0v) is 9.82. The molecule has 0 aromatic rings. The second-order valence-corrected chi connectivity index (χ2v) is 4.81. The van der Waals surface area contributed by atoms with E-state index in [0.717, 1.165) is 16.7 Å². The molecule has 11 heavy (non-hydrogen) atoms. The van der Waals surface area contributed by atoms with Gasteiger partial charge in [-0.1, -0.05) is 43.6 Å². The van der Waals surface area contributed by atoms with Crippen LogP contribution < -0.4 is 0 Å². The van der Waals surface area contributed by atoms with Crippen LogP contribution in [0, 0.1) is 11.8 Å². The van der Waals surface area contributed by atoms with Crippen LogP contribution in [0.4, 0.5) is 0 Å². The summed E-state index contributed by atoms with van der Waals surface area (Å²) in [6.07, 6.45) is 4.19. The molecule has 68 valence electrons. The highest BCUT2D eigenvalue weighted by Crippen LogP contribution is 2.32. The van der Waals surface area contributed by atoms with Gasteiger partial charge in [0.15, 0.2) is 0 Å². The van der Waals surface area contributed by atoms with Gasteiger partial charge in [0.05, 0.1) is 0 Å². The fraction of sp³-hybridized carbons (Fsp3) is 1.00. The predicted octanol–water partition coefficient (Wildman–Crippen LogP) is 4.23. The van der Waals surface area contributed by atoms with Gasteiger partial charge in [-0.15, -0.1) is 0 Å². The van der Waals surface area contributed by atoms with Crippen LogP contribution in [0.15, 0.2) is 0 Å². The fourth-order valence-corrected chi connectivity index (χ4v) is 3.13. The van der Waals surface area contributed by atoms with Crippen molar-refractivity contribution in [3.05, 3.63) is 0 Å². The van der Waals surface area contributed by atoms with Gasteiger partial charge in [0.2, 0.25) is 0 Å². The largest absolute Gasteiger partial charge is 0.0890 e. The molecule has 1 heteroatoms. The Morgan fingerprint density at radius 2 is 1.27 bits per heavy atom. The normalized spacial score (nSPS) is 37.4. The third-order valence-corrected chi connectivity index (χ3v) is 2.87. The van der Waals surface area contributed by atoms with E-state index in [1.165, 1.54) is 19.3 Å². The highest BCUT2D eigenvalue weighted by atomic mass is 79.9. The topological polar surface area (TPSA) is 0 Å². The van der Waals surface area contributed by atoms with Crippen molar-refractivity contribution in [1.29, 1.82) is 0 Å². The van der Waals surface area contributed by atoms with Crippen LogP contribution >= 0.6 is 15.9 Å². The summed E-state index contributed by atoms with van der Waals surface area (Å²) in [6, 6.07) is 0. The molecule has 0 saturated heterocycles. The van der Waals surface area contributed by atoms with E-state index in [9.17, 15) is 0 Å². The molecular weight excluding hydrogens is 200 g/mol. The monoisotopic (exact) mass is 220 g/mol. The molecule has 2 atom stereocenters. The minimum absolute atomic E-state index is 0.802. The average molecular weight is 221 g/mol. The van der Waals surface area contributed by atoms with E-state index in [1.54, 1.807) is 0 Å². The Balaban J connectivity index is 0.000000461. The lowest BCUT2D eigenvalue weighted by Crippen LogP contribution is -2.18. The molecule has 0 aromatic carbocycles. The van der Waals surface area contributed by atoms with Gasteiger partial charge < -0.3 is 0 Å². The van der Waals surface area contributed by atoms with Crippen molar-refractivity contribution in [2.45, 2.75) is 51.8 Å². The van der Waals surface area contributed by atoms with Crippen molar-refractivity contribution < 1.29 is 0 Å². The van der Waals surface area contributed by atoms with Crippen molar-refractivity contribution >= 4 is 15.9 Å². The maximum Gasteiger partial charge on any atom is 0.0150 e. The molecule has 0 aromatic heterocycles. The van der Waals surface area contributed by atoms with Crippen molar-refractivity contribution in [3.8, 4) is 0 Å². The average Bonchev–Trinajstić information content (AvgIpc) is 1.88. The van der Waals surface area contributed by atoms with E-state index in [2.05, 4.69) is 29.8 Å². The van der Waals surface area contributed by atoms with Crippen molar-refractivity contribution in [2.75, 3.05) is 0 Å². The van der Waals surface area contributed by atoms with E-state index in [-0.39, 0.29) is 0 Å². The molecule has 2 unspecified atom stereocenters. The summed E-state index contributed by atoms with van der Waals surface area (Å²) in [5, 5.41) is 0. The Morgan fingerprint density at radius 1 is 0.909 bits per heavy atom. The number of hydrogen-bond donors (Lipinski definition) is 0. The lowest BCUT2D eigenvalue weighted by molar-refractivity contribution is 0.312. The van der Waals surface area contributed by atoms with Crippen molar-refractivity contribution in [1.82, 2.24) is 0 Å². The first kappa shape index (κ1) is 11.5. The van der Waals surface area contributed by atoms with Crippen LogP contribution in [0.2, 0.25) is 0 Å². The number of rotatable bonds is 0. The van der Waals surface area contributed by atoms with E-state index in [1.807, 2.05) is 13.8 Å². The quantitative estimate of drug-likeness (QED) is 0.537. The first-order valence-electron chi connectivity index (χ1n) is 4.82. The van der Waals surface area contributed by atoms with Gasteiger partial charge in [0.1, 0.15) is 0 Å². The number of halogens is 1. The molecule has 0 N–H and O–H groups in total. The second-order valence-electron chi connectivity index (χ2n) is 3.51. The Morgan fingerprint density at radius 3 is 1.55 bits per heavy atom. The van der Waals surface area contributed by atoms with Crippen LogP contribution in [0.3, 0.4) is 0 Å². The third-order valence-electron chi connectivity index (χ3n) is 2.12. The zero-order chi connectivity index (χ0) is 8.85. The first-order valence-corrected chi connectivity index (χ1v) is 5.74. The Hall–Kier alpha value is 0.480. The standard InChI is InChI=1S/C8H15Br.C2H6/c1-6-3-7(2)5-8(9)4-6;1-2/h6-8H,3-5H2,1-2H3;1-2H3. The molecule has 0 bridgehead atoms. The molecule has 0 spiro atoms. The van der Waals surface area contributed by atoms with Crippen molar-refractivity contribution in [2.24, 2.45) is 11.8 Å². The zero-order valence-electron chi connectivity index (χ0n) is 8.23. The van der Waals surface area contributed by atoms with Gasteiger partial charge in [-0.2, -0.15) is 0 Å². The molecule has 1 saturated carbocycles. The summed E-state index contributed by atoms with van der Waals surface area (Å²) >= 11 is 3.67. The summed E-state index contributed by atoms with van der Waals surface area (Å²) < 4.78 is 0.